The van der Waals surface area contributed by atoms with Crippen LogP contribution in [0.2, 0.25) is 0 Å². The third kappa shape index (κ3) is 2.98. The Labute approximate surface area is 79.5 Å². The molecule has 0 aromatic carbocycles. The molecule has 72 valence electrons. The molecule has 1 saturated heterocycles. The van der Waals surface area contributed by atoms with Crippen LogP contribution in [0.25, 0.3) is 0 Å². The van der Waals surface area contributed by atoms with Crippen LogP contribution in [0.1, 0.15) is 26.7 Å². The quantitative estimate of drug-likeness (QED) is 0.570. The van der Waals surface area contributed by atoms with Crippen molar-refractivity contribution < 1.29 is 9.47 Å². The molecule has 2 heteroatoms. The van der Waals surface area contributed by atoms with Gasteiger partial charge in [-0.25, -0.2) is 0 Å². The van der Waals surface area contributed by atoms with Crippen LogP contribution < -0.4 is 0 Å². The van der Waals surface area contributed by atoms with Gasteiger partial charge in [0.05, 0.1) is 0 Å². The lowest BCUT2D eigenvalue weighted by atomic mass is 10.3. The van der Waals surface area contributed by atoms with Gasteiger partial charge < -0.3 is 9.47 Å². The molecule has 1 fully saturated rings. The fourth-order valence-corrected chi connectivity index (χ4v) is 0.998. The third-order valence-electron chi connectivity index (χ3n) is 1.49. The molecule has 1 aliphatic heterocycles. The van der Waals surface area contributed by atoms with E-state index in [9.17, 15) is 0 Å². The van der Waals surface area contributed by atoms with Gasteiger partial charge in [-0.1, -0.05) is 32.4 Å². The van der Waals surface area contributed by atoms with Gasteiger partial charge in [0, 0.05) is 0 Å². The summed E-state index contributed by atoms with van der Waals surface area (Å²) in [5.41, 5.74) is 0. The van der Waals surface area contributed by atoms with Crippen molar-refractivity contribution in [2.45, 2.75) is 26.7 Å². The summed E-state index contributed by atoms with van der Waals surface area (Å²) in [5.74, 6) is 1.73. The van der Waals surface area contributed by atoms with Crippen LogP contribution in [-0.2, 0) is 9.47 Å². The lowest BCUT2D eigenvalue weighted by Gasteiger charge is -1.90. The lowest BCUT2D eigenvalue weighted by Crippen LogP contribution is -1.78. The number of allylic oxidation sites excluding steroid dienone is 4. The van der Waals surface area contributed by atoms with E-state index in [1.807, 2.05) is 18.2 Å². The van der Waals surface area contributed by atoms with Crippen molar-refractivity contribution >= 4 is 0 Å². The second-order valence-corrected chi connectivity index (χ2v) is 2.88. The molecule has 0 aromatic heterocycles. The highest BCUT2D eigenvalue weighted by molar-refractivity contribution is 5.29. The summed E-state index contributed by atoms with van der Waals surface area (Å²) in [6.07, 6.45) is 10.2. The summed E-state index contributed by atoms with van der Waals surface area (Å²) in [6, 6.07) is 0. The molecule has 1 heterocycles. The number of rotatable bonds is 0. The Morgan fingerprint density at radius 3 is 2.69 bits per heavy atom. The maximum Gasteiger partial charge on any atom is 0.231 e. The van der Waals surface area contributed by atoms with Gasteiger partial charge in [-0.05, 0) is 18.6 Å². The predicted molar refractivity (Wildman–Crippen MR) is 52.9 cm³/mol. The smallest absolute Gasteiger partial charge is 0.231 e. The van der Waals surface area contributed by atoms with Gasteiger partial charge in [0.2, 0.25) is 6.79 Å². The highest BCUT2D eigenvalue weighted by Gasteiger charge is 2.15. The molecule has 0 atom stereocenters. The Kier molecular flexibility index (Phi) is 4.16. The Morgan fingerprint density at radius 1 is 1.23 bits per heavy atom. The van der Waals surface area contributed by atoms with E-state index in [1.165, 1.54) is 6.42 Å². The summed E-state index contributed by atoms with van der Waals surface area (Å²) in [7, 11) is 0. The maximum atomic E-state index is 5.17. The Morgan fingerprint density at radius 2 is 1.92 bits per heavy atom. The summed E-state index contributed by atoms with van der Waals surface area (Å²) < 4.78 is 10.3. The molecule has 0 unspecified atom stereocenters. The molecule has 1 aliphatic carbocycles. The average Bonchev–Trinajstić information content (AvgIpc) is 2.44. The predicted octanol–water partition coefficient (Wildman–Crippen LogP) is 3.13. The second-order valence-electron chi connectivity index (χ2n) is 2.88. The molecule has 0 N–H and O–H groups in total. The van der Waals surface area contributed by atoms with E-state index in [1.54, 1.807) is 0 Å². The van der Waals surface area contributed by atoms with Crippen molar-refractivity contribution in [3.63, 3.8) is 0 Å². The van der Waals surface area contributed by atoms with E-state index < -0.39 is 0 Å². The lowest BCUT2D eigenvalue weighted by molar-refractivity contribution is 0.0974. The minimum absolute atomic E-state index is 0.367. The van der Waals surface area contributed by atoms with Crippen LogP contribution in [0.5, 0.6) is 0 Å². The molecular formula is C11H16O2. The van der Waals surface area contributed by atoms with Gasteiger partial charge in [0.25, 0.3) is 0 Å². The molecule has 13 heavy (non-hydrogen) atoms. The summed E-state index contributed by atoms with van der Waals surface area (Å²) in [5, 5.41) is 0. The molecule has 2 aliphatic rings. The first-order chi connectivity index (χ1) is 6.38. The second kappa shape index (κ2) is 5.46. The van der Waals surface area contributed by atoms with Crippen molar-refractivity contribution in [3.8, 4) is 0 Å². The van der Waals surface area contributed by atoms with E-state index in [2.05, 4.69) is 19.9 Å². The number of ether oxygens (including phenoxy) is 2. The van der Waals surface area contributed by atoms with Crippen molar-refractivity contribution in [2.75, 3.05) is 6.79 Å². The Bertz CT molecular complexity index is 236. The zero-order chi connectivity index (χ0) is 9.52. The van der Waals surface area contributed by atoms with E-state index >= 15 is 0 Å². The molecule has 0 spiro atoms. The van der Waals surface area contributed by atoms with E-state index in [-0.39, 0.29) is 0 Å². The first-order valence-corrected chi connectivity index (χ1v) is 4.71. The molecule has 0 saturated carbocycles. The van der Waals surface area contributed by atoms with E-state index in [0.717, 1.165) is 17.9 Å². The van der Waals surface area contributed by atoms with Crippen molar-refractivity contribution in [3.05, 3.63) is 35.8 Å². The summed E-state index contributed by atoms with van der Waals surface area (Å²) >= 11 is 0. The van der Waals surface area contributed by atoms with Crippen molar-refractivity contribution in [1.29, 1.82) is 0 Å². The van der Waals surface area contributed by atoms with Gasteiger partial charge in [0.1, 0.15) is 0 Å². The normalized spacial score (nSPS) is 18.0. The summed E-state index contributed by atoms with van der Waals surface area (Å²) in [6.45, 7) is 4.62. The molecule has 2 rings (SSSR count). The van der Waals surface area contributed by atoms with Crippen LogP contribution >= 0.6 is 0 Å². The molecule has 2 nitrogen and oxygen atoms in total. The average molecular weight is 180 g/mol. The highest BCUT2D eigenvalue weighted by atomic mass is 16.7. The molecule has 0 bridgehead atoms. The van der Waals surface area contributed by atoms with Crippen molar-refractivity contribution in [2.24, 2.45) is 0 Å². The minimum Gasteiger partial charge on any atom is -0.454 e. The molecule has 0 amide bonds. The van der Waals surface area contributed by atoms with Crippen LogP contribution in [0.15, 0.2) is 35.8 Å². The first kappa shape index (κ1) is 9.90. The molecule has 0 radical (unpaired) electrons. The largest absolute Gasteiger partial charge is 0.454 e. The third-order valence-corrected chi connectivity index (χ3v) is 1.49. The Hall–Kier alpha value is -1.18. The van der Waals surface area contributed by atoms with Crippen LogP contribution in [-0.4, -0.2) is 6.79 Å². The van der Waals surface area contributed by atoms with Crippen LogP contribution in [0.4, 0.5) is 0 Å². The van der Waals surface area contributed by atoms with Gasteiger partial charge in [-0.15, -0.1) is 0 Å². The molecule has 0 aromatic rings. The van der Waals surface area contributed by atoms with Gasteiger partial charge >= 0.3 is 0 Å². The van der Waals surface area contributed by atoms with E-state index in [0.29, 0.717) is 6.79 Å². The maximum absolute atomic E-state index is 5.17. The Balaban J connectivity index is 0.000000251. The van der Waals surface area contributed by atoms with Gasteiger partial charge in [0.15, 0.2) is 11.5 Å². The minimum atomic E-state index is 0.367. The fraction of sp³-hybridized carbons (Fsp3) is 0.455. The summed E-state index contributed by atoms with van der Waals surface area (Å²) in [4.78, 5) is 0. The first-order valence-electron chi connectivity index (χ1n) is 4.71. The van der Waals surface area contributed by atoms with Crippen LogP contribution in [0.3, 0.4) is 0 Å². The zero-order valence-corrected chi connectivity index (χ0v) is 8.25. The highest BCUT2D eigenvalue weighted by Crippen LogP contribution is 2.22. The standard InChI is InChI=1S/C8H8O2.C3H8/c1-2-4-7-8(5-3-1)10-6-9-7;1-3-2/h1-2,4-5H,3,6H2;3H2,1-2H3. The number of hydrogen-bond donors (Lipinski definition) is 0. The molecular weight excluding hydrogens is 164 g/mol. The van der Waals surface area contributed by atoms with Gasteiger partial charge in [-0.3, -0.25) is 0 Å². The van der Waals surface area contributed by atoms with Gasteiger partial charge in [-0.2, -0.15) is 0 Å². The topological polar surface area (TPSA) is 18.5 Å². The van der Waals surface area contributed by atoms with E-state index in [4.69, 9.17) is 9.47 Å². The SMILES string of the molecule is C1=CCC=C2OCOC2=C1.CCC. The monoisotopic (exact) mass is 180 g/mol. The number of fused-ring (bicyclic) bond motifs is 1. The zero-order valence-electron chi connectivity index (χ0n) is 8.25. The fourth-order valence-electron chi connectivity index (χ4n) is 0.998. The van der Waals surface area contributed by atoms with Crippen molar-refractivity contribution in [1.82, 2.24) is 0 Å². The van der Waals surface area contributed by atoms with Crippen LogP contribution in [0, 0.1) is 0 Å². The number of hydrogen-bond acceptors (Lipinski definition) is 2.